The molecule has 0 bridgehead atoms. The van der Waals surface area contributed by atoms with E-state index in [1.165, 1.54) is 5.56 Å². The van der Waals surface area contributed by atoms with Gasteiger partial charge in [0.05, 0.1) is 0 Å². The quantitative estimate of drug-likeness (QED) is 0.627. The predicted molar refractivity (Wildman–Crippen MR) is 119 cm³/mol. The Balaban J connectivity index is 1.22. The summed E-state index contributed by atoms with van der Waals surface area (Å²) in [6.07, 6.45) is 1.97. The van der Waals surface area contributed by atoms with Gasteiger partial charge in [0.2, 0.25) is 0 Å². The van der Waals surface area contributed by atoms with Gasteiger partial charge in [-0.1, -0.05) is 60.7 Å². The predicted octanol–water partition coefficient (Wildman–Crippen LogP) is 4.66. The van der Waals surface area contributed by atoms with Crippen LogP contribution in [0.25, 0.3) is 0 Å². The monoisotopic (exact) mass is 400 g/mol. The summed E-state index contributed by atoms with van der Waals surface area (Å²) >= 11 is 0. The van der Waals surface area contributed by atoms with E-state index in [9.17, 15) is 4.79 Å². The van der Waals surface area contributed by atoms with E-state index in [2.05, 4.69) is 34.5 Å². The Kier molecular flexibility index (Phi) is 6.78. The molecule has 1 amide bonds. The van der Waals surface area contributed by atoms with E-state index in [0.717, 1.165) is 43.8 Å². The minimum atomic E-state index is -0.00822. The molecule has 154 valence electrons. The number of benzene rings is 3. The van der Waals surface area contributed by atoms with E-state index in [-0.39, 0.29) is 11.9 Å². The summed E-state index contributed by atoms with van der Waals surface area (Å²) in [7, 11) is 0. The van der Waals surface area contributed by atoms with E-state index in [1.54, 1.807) is 0 Å². The minimum Gasteiger partial charge on any atom is -0.489 e. The number of carbonyl (C=O) groups excluding carboxylic acids is 1. The number of rotatable bonds is 7. The topological polar surface area (TPSA) is 41.6 Å². The molecule has 0 unspecified atom stereocenters. The molecule has 1 aliphatic heterocycles. The Morgan fingerprint density at radius 2 is 1.43 bits per heavy atom. The molecule has 3 aromatic carbocycles. The number of likely N-dealkylation sites (tertiary alicyclic amines) is 1. The lowest BCUT2D eigenvalue weighted by Crippen LogP contribution is -2.44. The first-order valence-corrected chi connectivity index (χ1v) is 10.6. The van der Waals surface area contributed by atoms with Crippen LogP contribution in [0.15, 0.2) is 84.9 Å². The third kappa shape index (κ3) is 5.71. The van der Waals surface area contributed by atoms with Gasteiger partial charge in [0.15, 0.2) is 0 Å². The highest BCUT2D eigenvalue weighted by Gasteiger charge is 2.21. The van der Waals surface area contributed by atoms with Crippen LogP contribution in [0, 0.1) is 0 Å². The maximum Gasteiger partial charge on any atom is 0.251 e. The van der Waals surface area contributed by atoms with Crippen molar-refractivity contribution in [2.75, 3.05) is 13.1 Å². The maximum atomic E-state index is 12.6. The Labute approximate surface area is 178 Å². The molecule has 0 aliphatic carbocycles. The zero-order valence-corrected chi connectivity index (χ0v) is 17.2. The van der Waals surface area contributed by atoms with E-state index in [4.69, 9.17) is 4.74 Å². The average molecular weight is 401 g/mol. The van der Waals surface area contributed by atoms with Crippen LogP contribution < -0.4 is 10.1 Å². The third-order valence-corrected chi connectivity index (χ3v) is 5.54. The average Bonchev–Trinajstić information content (AvgIpc) is 2.81. The number of nitrogens with one attached hydrogen (secondary N) is 1. The van der Waals surface area contributed by atoms with Gasteiger partial charge in [0.25, 0.3) is 5.91 Å². The lowest BCUT2D eigenvalue weighted by atomic mass is 10.0. The second-order valence-corrected chi connectivity index (χ2v) is 7.81. The Morgan fingerprint density at radius 1 is 0.833 bits per heavy atom. The summed E-state index contributed by atoms with van der Waals surface area (Å²) in [5, 5.41) is 3.19. The van der Waals surface area contributed by atoms with Crippen molar-refractivity contribution in [3.63, 3.8) is 0 Å². The van der Waals surface area contributed by atoms with E-state index < -0.39 is 0 Å². The van der Waals surface area contributed by atoms with Crippen molar-refractivity contribution in [3.8, 4) is 5.75 Å². The van der Waals surface area contributed by atoms with Crippen LogP contribution in [0.3, 0.4) is 0 Å². The molecule has 0 spiro atoms. The number of hydrogen-bond donors (Lipinski definition) is 1. The summed E-state index contributed by atoms with van der Waals surface area (Å²) in [5.41, 5.74) is 3.14. The summed E-state index contributed by atoms with van der Waals surface area (Å²) in [4.78, 5) is 15.1. The fourth-order valence-electron chi connectivity index (χ4n) is 3.79. The first kappa shape index (κ1) is 20.2. The van der Waals surface area contributed by atoms with Crippen LogP contribution in [0.4, 0.5) is 0 Å². The number of hydrogen-bond acceptors (Lipinski definition) is 3. The van der Waals surface area contributed by atoms with Gasteiger partial charge in [-0.3, -0.25) is 9.69 Å². The summed E-state index contributed by atoms with van der Waals surface area (Å²) < 4.78 is 5.80. The Bertz CT molecular complexity index is 918. The summed E-state index contributed by atoms with van der Waals surface area (Å²) in [5.74, 6) is 0.760. The van der Waals surface area contributed by atoms with Crippen molar-refractivity contribution in [3.05, 3.63) is 102 Å². The second kappa shape index (κ2) is 10.1. The molecule has 0 radical (unpaired) electrons. The molecule has 0 aromatic heterocycles. The minimum absolute atomic E-state index is 0.00822. The molecule has 1 fully saturated rings. The highest BCUT2D eigenvalue weighted by Crippen LogP contribution is 2.17. The van der Waals surface area contributed by atoms with Crippen LogP contribution in [-0.4, -0.2) is 29.9 Å². The van der Waals surface area contributed by atoms with Crippen molar-refractivity contribution < 1.29 is 9.53 Å². The van der Waals surface area contributed by atoms with Gasteiger partial charge in [-0.2, -0.15) is 0 Å². The summed E-state index contributed by atoms with van der Waals surface area (Å²) in [6.45, 7) is 3.51. The van der Waals surface area contributed by atoms with E-state index in [0.29, 0.717) is 12.2 Å². The molecule has 0 atom stereocenters. The van der Waals surface area contributed by atoms with Gasteiger partial charge in [0, 0.05) is 31.2 Å². The smallest absolute Gasteiger partial charge is 0.251 e. The molecule has 0 saturated carbocycles. The Hall–Kier alpha value is -3.11. The number of ether oxygens (including phenoxy) is 1. The maximum absolute atomic E-state index is 12.6. The van der Waals surface area contributed by atoms with Gasteiger partial charge < -0.3 is 10.1 Å². The van der Waals surface area contributed by atoms with Gasteiger partial charge in [-0.05, 0) is 48.2 Å². The molecule has 4 rings (SSSR count). The number of nitrogens with zero attached hydrogens (tertiary/aromatic N) is 1. The zero-order chi connectivity index (χ0) is 20.6. The van der Waals surface area contributed by atoms with E-state index >= 15 is 0 Å². The fraction of sp³-hybridized carbons (Fsp3) is 0.269. The molecule has 1 N–H and O–H groups in total. The number of amides is 1. The normalized spacial score (nSPS) is 14.9. The number of piperidine rings is 1. The third-order valence-electron chi connectivity index (χ3n) is 5.54. The van der Waals surface area contributed by atoms with Crippen LogP contribution in [0.5, 0.6) is 5.75 Å². The first-order chi connectivity index (χ1) is 14.8. The highest BCUT2D eigenvalue weighted by atomic mass is 16.5. The van der Waals surface area contributed by atoms with Crippen molar-refractivity contribution >= 4 is 5.91 Å². The van der Waals surface area contributed by atoms with Gasteiger partial charge in [-0.25, -0.2) is 0 Å². The van der Waals surface area contributed by atoms with Crippen LogP contribution in [0.2, 0.25) is 0 Å². The van der Waals surface area contributed by atoms with Crippen molar-refractivity contribution in [2.24, 2.45) is 0 Å². The van der Waals surface area contributed by atoms with Crippen molar-refractivity contribution in [1.82, 2.24) is 10.2 Å². The molecule has 1 saturated heterocycles. The fourth-order valence-corrected chi connectivity index (χ4v) is 3.79. The van der Waals surface area contributed by atoms with Crippen molar-refractivity contribution in [2.45, 2.75) is 32.0 Å². The molecule has 30 heavy (non-hydrogen) atoms. The molecule has 4 nitrogen and oxygen atoms in total. The van der Waals surface area contributed by atoms with Crippen LogP contribution in [0.1, 0.15) is 34.3 Å². The molecular formula is C26H28N2O2. The molecule has 1 aliphatic rings. The lowest BCUT2D eigenvalue weighted by Gasteiger charge is -2.32. The van der Waals surface area contributed by atoms with Crippen LogP contribution >= 0.6 is 0 Å². The van der Waals surface area contributed by atoms with Crippen molar-refractivity contribution in [1.29, 1.82) is 0 Å². The van der Waals surface area contributed by atoms with Gasteiger partial charge in [0.1, 0.15) is 12.4 Å². The zero-order valence-electron chi connectivity index (χ0n) is 17.2. The molecule has 4 heteroatoms. The Morgan fingerprint density at radius 3 is 2.07 bits per heavy atom. The first-order valence-electron chi connectivity index (χ1n) is 10.6. The van der Waals surface area contributed by atoms with Gasteiger partial charge in [-0.15, -0.1) is 0 Å². The molecular weight excluding hydrogens is 372 g/mol. The standard InChI is InChI=1S/C26H28N2O2/c29-26(23-11-13-25(14-12-23)30-20-22-9-5-2-6-10-22)27-24-15-17-28(18-16-24)19-21-7-3-1-4-8-21/h1-14,24H,15-20H2,(H,27,29). The number of carbonyl (C=O) groups is 1. The van der Waals surface area contributed by atoms with Crippen LogP contribution in [-0.2, 0) is 13.2 Å². The van der Waals surface area contributed by atoms with E-state index in [1.807, 2.05) is 60.7 Å². The lowest BCUT2D eigenvalue weighted by molar-refractivity contribution is 0.0909. The SMILES string of the molecule is O=C(NC1CCN(Cc2ccccc2)CC1)c1ccc(OCc2ccccc2)cc1. The van der Waals surface area contributed by atoms with Gasteiger partial charge >= 0.3 is 0 Å². The molecule has 1 heterocycles. The second-order valence-electron chi connectivity index (χ2n) is 7.81. The highest BCUT2D eigenvalue weighted by molar-refractivity contribution is 5.94. The molecule has 3 aromatic rings. The largest absolute Gasteiger partial charge is 0.489 e. The summed E-state index contributed by atoms with van der Waals surface area (Å²) in [6, 6.07) is 28.2.